The van der Waals surface area contributed by atoms with Crippen LogP contribution in [0.3, 0.4) is 0 Å². The van der Waals surface area contributed by atoms with Crippen LogP contribution in [0.15, 0.2) is 72.9 Å². The number of rotatable bonds is 45. The fourth-order valence-corrected chi connectivity index (χ4v) is 7.24. The van der Waals surface area contributed by atoms with Crippen molar-refractivity contribution in [2.24, 2.45) is 0 Å². The van der Waals surface area contributed by atoms with E-state index in [0.717, 1.165) is 83.5 Å². The van der Waals surface area contributed by atoms with Crippen LogP contribution < -0.4 is 0 Å². The number of carbonyl (C=O) groups excluding carboxylic acids is 1. The Morgan fingerprint density at radius 3 is 1.41 bits per heavy atom. The molecule has 0 aromatic heterocycles. The van der Waals surface area contributed by atoms with Gasteiger partial charge in [-0.1, -0.05) is 196 Å². The van der Waals surface area contributed by atoms with Crippen LogP contribution in [0.4, 0.5) is 0 Å². The van der Waals surface area contributed by atoms with Crippen molar-refractivity contribution in [3.05, 3.63) is 72.9 Å². The number of carbonyl (C=O) groups is 1. The van der Waals surface area contributed by atoms with Gasteiger partial charge in [0, 0.05) is 13.0 Å². The van der Waals surface area contributed by atoms with Gasteiger partial charge in [-0.15, -0.1) is 0 Å². The molecular weight excluding hydrogens is 782 g/mol. The van der Waals surface area contributed by atoms with Gasteiger partial charge in [0.15, 0.2) is 0 Å². The molecule has 0 spiro atoms. The summed E-state index contributed by atoms with van der Waals surface area (Å²) < 4.78 is 35.1. The van der Waals surface area contributed by atoms with Crippen molar-refractivity contribution >= 4 is 13.8 Å². The maximum absolute atomic E-state index is 12.7. The summed E-state index contributed by atoms with van der Waals surface area (Å²) >= 11 is 0. The van der Waals surface area contributed by atoms with Crippen molar-refractivity contribution in [3.8, 4) is 0 Å². The molecule has 2 unspecified atom stereocenters. The lowest BCUT2D eigenvalue weighted by atomic mass is 10.0. The fourth-order valence-electron chi connectivity index (χ4n) is 6.50. The van der Waals surface area contributed by atoms with Gasteiger partial charge in [0.2, 0.25) is 0 Å². The molecule has 0 saturated carbocycles. The summed E-state index contributed by atoms with van der Waals surface area (Å²) in [5.74, 6) is -0.326. The summed E-state index contributed by atoms with van der Waals surface area (Å²) in [6.07, 6.45) is 58.0. The van der Waals surface area contributed by atoms with E-state index in [-0.39, 0.29) is 25.8 Å². The van der Waals surface area contributed by atoms with Crippen molar-refractivity contribution in [2.75, 3.05) is 54.1 Å². The standard InChI is InChI=1S/C52H94NO7P/c1-6-8-10-12-14-16-18-20-22-24-25-26-27-28-30-32-34-36-38-40-42-44-47-57-49-51(50-59-61(55,56)58-48-46-53(3,4)5)60-52(54)45-43-41-39-37-35-33-31-29-23-21-19-17-15-13-11-9-7-2/h8,10,14,16,20,22,25-26,28,30,34,36,51H,6-7,9,11-13,15,17-19,21,23-24,27,29,31-33,35,37-50H2,1-5H3/p+1/b10-8-,16-14-,22-20-,26-25-,30-28-,36-34-. The molecular formula is C52H95NO7P+. The first kappa shape index (κ1) is 58.9. The predicted octanol–water partition coefficient (Wildman–Crippen LogP) is 15.1. The van der Waals surface area contributed by atoms with Gasteiger partial charge in [0.25, 0.3) is 0 Å². The topological polar surface area (TPSA) is 91.3 Å². The third-order valence-electron chi connectivity index (χ3n) is 10.3. The SMILES string of the molecule is CC/C=C\C/C=C\C/C=C\C/C=C\C/C=C\C/C=C\CCCCCOCC(COP(=O)(O)OCC[N+](C)(C)C)OC(=O)CCCCCCCCCCCCCCCCCCC. The van der Waals surface area contributed by atoms with Crippen LogP contribution in [0.25, 0.3) is 0 Å². The van der Waals surface area contributed by atoms with E-state index < -0.39 is 13.9 Å². The molecule has 0 amide bonds. The third-order valence-corrected chi connectivity index (χ3v) is 11.3. The first-order valence-corrected chi connectivity index (χ1v) is 26.2. The van der Waals surface area contributed by atoms with Gasteiger partial charge in [-0.25, -0.2) is 4.57 Å². The van der Waals surface area contributed by atoms with Crippen molar-refractivity contribution in [1.29, 1.82) is 0 Å². The van der Waals surface area contributed by atoms with Crippen molar-refractivity contribution in [2.45, 2.75) is 200 Å². The summed E-state index contributed by atoms with van der Waals surface area (Å²) in [4.78, 5) is 23.0. The predicted molar refractivity (Wildman–Crippen MR) is 261 cm³/mol. The lowest BCUT2D eigenvalue weighted by molar-refractivity contribution is -0.870. The maximum Gasteiger partial charge on any atom is 0.472 e. The van der Waals surface area contributed by atoms with Crippen LogP contribution in [0.2, 0.25) is 0 Å². The number of ether oxygens (including phenoxy) is 2. The summed E-state index contributed by atoms with van der Waals surface area (Å²) in [5.41, 5.74) is 0. The zero-order valence-corrected chi connectivity index (χ0v) is 41.0. The molecule has 0 radical (unpaired) electrons. The Morgan fingerprint density at radius 2 is 0.951 bits per heavy atom. The normalized spacial score (nSPS) is 14.3. The minimum Gasteiger partial charge on any atom is -0.457 e. The van der Waals surface area contributed by atoms with E-state index in [9.17, 15) is 14.3 Å². The van der Waals surface area contributed by atoms with E-state index in [4.69, 9.17) is 18.5 Å². The van der Waals surface area contributed by atoms with Gasteiger partial charge in [0.05, 0.1) is 34.4 Å². The monoisotopic (exact) mass is 877 g/mol. The molecule has 2 atom stereocenters. The second-order valence-electron chi connectivity index (χ2n) is 17.5. The number of phosphoric acid groups is 1. The molecule has 1 N–H and O–H groups in total. The molecule has 0 fully saturated rings. The molecule has 0 heterocycles. The Bertz CT molecular complexity index is 1200. The van der Waals surface area contributed by atoms with Gasteiger partial charge in [-0.3, -0.25) is 13.8 Å². The summed E-state index contributed by atoms with van der Waals surface area (Å²) in [6, 6.07) is 0. The summed E-state index contributed by atoms with van der Waals surface area (Å²) in [5, 5.41) is 0. The molecule has 0 aliphatic rings. The fraction of sp³-hybridized carbons (Fsp3) is 0.750. The van der Waals surface area contributed by atoms with Crippen LogP contribution in [-0.4, -0.2) is 75.6 Å². The first-order valence-electron chi connectivity index (χ1n) is 24.7. The molecule has 0 aromatic rings. The smallest absolute Gasteiger partial charge is 0.457 e. The first-order chi connectivity index (χ1) is 29.6. The molecule has 0 aliphatic heterocycles. The summed E-state index contributed by atoms with van der Waals surface area (Å²) in [7, 11) is 1.64. The van der Waals surface area contributed by atoms with E-state index in [2.05, 4.69) is 86.8 Å². The van der Waals surface area contributed by atoms with Gasteiger partial charge in [-0.2, -0.15) is 0 Å². The maximum atomic E-state index is 12.7. The average Bonchev–Trinajstić information content (AvgIpc) is 3.22. The van der Waals surface area contributed by atoms with E-state index in [1.807, 2.05) is 21.1 Å². The molecule has 0 aliphatic carbocycles. The molecule has 9 heteroatoms. The second-order valence-corrected chi connectivity index (χ2v) is 18.9. The van der Waals surface area contributed by atoms with Crippen LogP contribution in [-0.2, 0) is 27.9 Å². The number of nitrogens with zero attached hydrogens (tertiary/aromatic N) is 1. The molecule has 354 valence electrons. The van der Waals surface area contributed by atoms with Crippen molar-refractivity contribution < 1.29 is 37.3 Å². The molecule has 8 nitrogen and oxygen atoms in total. The number of quaternary nitrogens is 1. The van der Waals surface area contributed by atoms with Crippen LogP contribution in [0.5, 0.6) is 0 Å². The number of phosphoric ester groups is 1. The number of allylic oxidation sites excluding steroid dienone is 12. The Hall–Kier alpha value is -2.06. The van der Waals surface area contributed by atoms with E-state index in [1.54, 1.807) is 0 Å². The third kappa shape index (κ3) is 48.8. The number of unbranched alkanes of at least 4 members (excludes halogenated alkanes) is 19. The Morgan fingerprint density at radius 1 is 0.525 bits per heavy atom. The second kappa shape index (κ2) is 44.5. The molecule has 0 bridgehead atoms. The zero-order valence-electron chi connectivity index (χ0n) is 40.1. The minimum atomic E-state index is -4.29. The highest BCUT2D eigenvalue weighted by Gasteiger charge is 2.26. The van der Waals surface area contributed by atoms with Crippen LogP contribution >= 0.6 is 7.82 Å². The molecule has 0 rings (SSSR count). The van der Waals surface area contributed by atoms with E-state index >= 15 is 0 Å². The van der Waals surface area contributed by atoms with Crippen molar-refractivity contribution in [3.63, 3.8) is 0 Å². The summed E-state index contributed by atoms with van der Waals surface area (Å²) in [6.45, 7) is 5.43. The average molecular weight is 877 g/mol. The number of hydrogen-bond donors (Lipinski definition) is 1. The van der Waals surface area contributed by atoms with Gasteiger partial charge in [-0.05, 0) is 64.2 Å². The minimum absolute atomic E-state index is 0.0795. The number of esters is 1. The molecule has 0 saturated heterocycles. The molecule has 61 heavy (non-hydrogen) atoms. The zero-order chi connectivity index (χ0) is 44.8. The van der Waals surface area contributed by atoms with Gasteiger partial charge < -0.3 is 18.9 Å². The molecule has 0 aromatic carbocycles. The number of likely N-dealkylation sites (N-methyl/N-ethyl adjacent to an activating group) is 1. The van der Waals surface area contributed by atoms with Crippen LogP contribution in [0, 0.1) is 0 Å². The van der Waals surface area contributed by atoms with Gasteiger partial charge >= 0.3 is 13.8 Å². The van der Waals surface area contributed by atoms with E-state index in [1.165, 1.54) is 89.9 Å². The van der Waals surface area contributed by atoms with Crippen LogP contribution in [0.1, 0.15) is 194 Å². The highest BCUT2D eigenvalue weighted by Crippen LogP contribution is 2.43. The Labute approximate surface area is 376 Å². The quantitative estimate of drug-likeness (QED) is 0.0214. The number of hydrogen-bond acceptors (Lipinski definition) is 6. The Kier molecular flexibility index (Phi) is 43.0. The lowest BCUT2D eigenvalue weighted by Crippen LogP contribution is -2.37. The largest absolute Gasteiger partial charge is 0.472 e. The highest BCUT2D eigenvalue weighted by molar-refractivity contribution is 7.47. The van der Waals surface area contributed by atoms with Gasteiger partial charge in [0.1, 0.15) is 19.3 Å². The Balaban J connectivity index is 4.25. The highest BCUT2D eigenvalue weighted by atomic mass is 31.2. The lowest BCUT2D eigenvalue weighted by Gasteiger charge is -2.24. The van der Waals surface area contributed by atoms with E-state index in [0.29, 0.717) is 24.1 Å². The van der Waals surface area contributed by atoms with Crippen molar-refractivity contribution in [1.82, 2.24) is 0 Å².